The molecule has 128 valence electrons. The molecule has 0 bridgehead atoms. The Kier molecular flexibility index (Phi) is 5.12. The molecule has 1 aromatic rings. The normalized spacial score (nSPS) is 20.3. The van der Waals surface area contributed by atoms with Crippen LogP contribution in [0, 0.1) is 0 Å². The number of nitrogens with one attached hydrogen (secondary N) is 3. The van der Waals surface area contributed by atoms with E-state index in [1.54, 1.807) is 24.1 Å². The summed E-state index contributed by atoms with van der Waals surface area (Å²) in [6.07, 6.45) is 4.78. The minimum atomic E-state index is -0.481. The number of hydrogen-bond donors (Lipinski definition) is 3. The Labute approximate surface area is 135 Å². The minimum Gasteiger partial charge on any atom is -0.444 e. The number of hydrogen-bond acceptors (Lipinski definition) is 5. The lowest BCUT2D eigenvalue weighted by molar-refractivity contribution is -0.121. The first-order chi connectivity index (χ1) is 10.7. The standard InChI is InChI=1S/C15H25N5O3/c1-15(2,3)23-14(22)19-11-5-10(6-11)18-12-7-17-20(8-12)9-13(21)16-4/h7-8,10-11,18H,5-6,9H2,1-4H3,(H,16,21)(H,19,22). The van der Waals surface area contributed by atoms with Crippen LogP contribution in [-0.4, -0.2) is 46.5 Å². The van der Waals surface area contributed by atoms with E-state index in [0.717, 1.165) is 18.5 Å². The molecule has 0 aliphatic heterocycles. The van der Waals surface area contributed by atoms with Crippen molar-refractivity contribution in [1.82, 2.24) is 20.4 Å². The SMILES string of the molecule is CNC(=O)Cn1cc(NC2CC(NC(=O)OC(C)(C)C)C2)cn1. The number of carbonyl (C=O) groups excluding carboxylic acids is 2. The molecule has 2 rings (SSSR count). The average Bonchev–Trinajstić information content (AvgIpc) is 2.81. The van der Waals surface area contributed by atoms with E-state index < -0.39 is 5.60 Å². The number of carbonyl (C=O) groups is 2. The molecule has 23 heavy (non-hydrogen) atoms. The molecule has 8 nitrogen and oxygen atoms in total. The fourth-order valence-electron chi connectivity index (χ4n) is 2.31. The molecular formula is C15H25N5O3. The van der Waals surface area contributed by atoms with Crippen molar-refractivity contribution in [3.63, 3.8) is 0 Å². The predicted octanol–water partition coefficient (Wildman–Crippen LogP) is 1.10. The summed E-state index contributed by atoms with van der Waals surface area (Å²) in [6, 6.07) is 0.413. The van der Waals surface area contributed by atoms with Gasteiger partial charge in [-0.1, -0.05) is 0 Å². The number of ether oxygens (including phenoxy) is 1. The monoisotopic (exact) mass is 323 g/mol. The van der Waals surface area contributed by atoms with E-state index in [-0.39, 0.29) is 30.6 Å². The van der Waals surface area contributed by atoms with Crippen LogP contribution in [0.1, 0.15) is 33.6 Å². The zero-order chi connectivity index (χ0) is 17.0. The summed E-state index contributed by atoms with van der Waals surface area (Å²) in [4.78, 5) is 22.9. The van der Waals surface area contributed by atoms with Gasteiger partial charge in [0, 0.05) is 25.3 Å². The van der Waals surface area contributed by atoms with Crippen LogP contribution >= 0.6 is 0 Å². The van der Waals surface area contributed by atoms with E-state index in [1.165, 1.54) is 0 Å². The van der Waals surface area contributed by atoms with Gasteiger partial charge in [-0.3, -0.25) is 9.48 Å². The number of nitrogens with zero attached hydrogens (tertiary/aromatic N) is 2. The number of amides is 2. The zero-order valence-corrected chi connectivity index (χ0v) is 14.0. The van der Waals surface area contributed by atoms with Gasteiger partial charge in [0.05, 0.1) is 11.9 Å². The van der Waals surface area contributed by atoms with Gasteiger partial charge in [0.25, 0.3) is 0 Å². The highest BCUT2D eigenvalue weighted by Crippen LogP contribution is 2.24. The summed E-state index contributed by atoms with van der Waals surface area (Å²) in [6.45, 7) is 5.72. The Morgan fingerprint density at radius 2 is 2.04 bits per heavy atom. The summed E-state index contributed by atoms with van der Waals surface area (Å²) >= 11 is 0. The average molecular weight is 323 g/mol. The number of rotatable bonds is 5. The third kappa shape index (κ3) is 5.46. The second kappa shape index (κ2) is 6.89. The first-order valence-corrected chi connectivity index (χ1v) is 7.74. The van der Waals surface area contributed by atoms with Crippen LogP contribution in [0.4, 0.5) is 10.5 Å². The van der Waals surface area contributed by atoms with E-state index in [2.05, 4.69) is 21.0 Å². The number of alkyl carbamates (subject to hydrolysis) is 1. The topological polar surface area (TPSA) is 97.3 Å². The third-order valence-electron chi connectivity index (χ3n) is 3.45. The van der Waals surface area contributed by atoms with E-state index in [9.17, 15) is 9.59 Å². The van der Waals surface area contributed by atoms with Gasteiger partial charge in [0.15, 0.2) is 0 Å². The predicted molar refractivity (Wildman–Crippen MR) is 86.1 cm³/mol. The van der Waals surface area contributed by atoms with E-state index >= 15 is 0 Å². The molecule has 1 aromatic heterocycles. The van der Waals surface area contributed by atoms with Gasteiger partial charge in [0.2, 0.25) is 5.91 Å². The maximum absolute atomic E-state index is 11.7. The van der Waals surface area contributed by atoms with Gasteiger partial charge in [-0.05, 0) is 33.6 Å². The summed E-state index contributed by atoms with van der Waals surface area (Å²) < 4.78 is 6.81. The van der Waals surface area contributed by atoms with Gasteiger partial charge in [-0.15, -0.1) is 0 Å². The van der Waals surface area contributed by atoms with Crippen molar-refractivity contribution < 1.29 is 14.3 Å². The fourth-order valence-corrected chi connectivity index (χ4v) is 2.31. The summed E-state index contributed by atoms with van der Waals surface area (Å²) in [5, 5.41) is 12.9. The molecule has 1 saturated carbocycles. The maximum Gasteiger partial charge on any atom is 0.407 e. The van der Waals surface area contributed by atoms with Crippen LogP contribution in [0.25, 0.3) is 0 Å². The van der Waals surface area contributed by atoms with Crippen molar-refractivity contribution in [3.8, 4) is 0 Å². The van der Waals surface area contributed by atoms with Gasteiger partial charge in [-0.2, -0.15) is 5.10 Å². The second-order valence-corrected chi connectivity index (χ2v) is 6.76. The first kappa shape index (κ1) is 17.1. The molecule has 8 heteroatoms. The summed E-state index contributed by atoms with van der Waals surface area (Å²) in [5.41, 5.74) is 0.389. The van der Waals surface area contributed by atoms with Crippen LogP contribution in [0.5, 0.6) is 0 Å². The first-order valence-electron chi connectivity index (χ1n) is 7.74. The van der Waals surface area contributed by atoms with Crippen molar-refractivity contribution in [3.05, 3.63) is 12.4 Å². The molecule has 1 aliphatic carbocycles. The van der Waals surface area contributed by atoms with Gasteiger partial charge < -0.3 is 20.7 Å². The summed E-state index contributed by atoms with van der Waals surface area (Å²) in [7, 11) is 1.59. The quantitative estimate of drug-likeness (QED) is 0.754. The Morgan fingerprint density at radius 3 is 2.65 bits per heavy atom. The molecule has 1 fully saturated rings. The number of aromatic nitrogens is 2. The zero-order valence-electron chi connectivity index (χ0n) is 14.0. The maximum atomic E-state index is 11.7. The van der Waals surface area contributed by atoms with Crippen molar-refractivity contribution >= 4 is 17.7 Å². The van der Waals surface area contributed by atoms with E-state index in [4.69, 9.17) is 4.74 Å². The van der Waals surface area contributed by atoms with Gasteiger partial charge >= 0.3 is 6.09 Å². The lowest BCUT2D eigenvalue weighted by Crippen LogP contribution is -2.50. The number of anilines is 1. The van der Waals surface area contributed by atoms with Crippen molar-refractivity contribution in [1.29, 1.82) is 0 Å². The van der Waals surface area contributed by atoms with Crippen LogP contribution in [0.2, 0.25) is 0 Å². The Hall–Kier alpha value is -2.25. The lowest BCUT2D eigenvalue weighted by Gasteiger charge is -2.36. The Morgan fingerprint density at radius 1 is 1.35 bits per heavy atom. The summed E-state index contributed by atoms with van der Waals surface area (Å²) in [5.74, 6) is -0.0927. The molecular weight excluding hydrogens is 298 g/mol. The molecule has 0 unspecified atom stereocenters. The van der Waals surface area contributed by atoms with Crippen LogP contribution in [0.3, 0.4) is 0 Å². The van der Waals surface area contributed by atoms with Crippen LogP contribution in [-0.2, 0) is 16.1 Å². The highest BCUT2D eigenvalue weighted by Gasteiger charge is 2.31. The highest BCUT2D eigenvalue weighted by molar-refractivity contribution is 5.75. The van der Waals surface area contributed by atoms with E-state index in [0.29, 0.717) is 0 Å². The molecule has 0 saturated heterocycles. The second-order valence-electron chi connectivity index (χ2n) is 6.76. The third-order valence-corrected chi connectivity index (χ3v) is 3.45. The van der Waals surface area contributed by atoms with Crippen molar-refractivity contribution in [2.45, 2.75) is 57.8 Å². The van der Waals surface area contributed by atoms with Crippen molar-refractivity contribution in [2.75, 3.05) is 12.4 Å². The number of likely N-dealkylation sites (N-methyl/N-ethyl adjacent to an activating group) is 1. The largest absolute Gasteiger partial charge is 0.444 e. The Balaban J connectivity index is 1.70. The van der Waals surface area contributed by atoms with Crippen LogP contribution < -0.4 is 16.0 Å². The minimum absolute atomic E-state index is 0.0927. The smallest absolute Gasteiger partial charge is 0.407 e. The van der Waals surface area contributed by atoms with Gasteiger partial charge in [0.1, 0.15) is 12.1 Å². The fraction of sp³-hybridized carbons (Fsp3) is 0.667. The van der Waals surface area contributed by atoms with Crippen molar-refractivity contribution in [2.24, 2.45) is 0 Å². The Bertz CT molecular complexity index is 558. The lowest BCUT2D eigenvalue weighted by atomic mass is 9.87. The molecule has 3 N–H and O–H groups in total. The van der Waals surface area contributed by atoms with Gasteiger partial charge in [-0.25, -0.2) is 4.79 Å². The molecule has 0 atom stereocenters. The van der Waals surface area contributed by atoms with Crippen LogP contribution in [0.15, 0.2) is 12.4 Å². The molecule has 0 aromatic carbocycles. The molecule has 0 radical (unpaired) electrons. The molecule has 0 spiro atoms. The molecule has 1 aliphatic rings. The van der Waals surface area contributed by atoms with E-state index in [1.807, 2.05) is 20.8 Å². The molecule has 1 heterocycles. The highest BCUT2D eigenvalue weighted by atomic mass is 16.6. The molecule has 2 amide bonds.